The Labute approximate surface area is 192 Å². The molecule has 0 saturated carbocycles. The third-order valence-electron chi connectivity index (χ3n) is 4.83. The molecule has 0 fully saturated rings. The number of aromatic nitrogens is 2. The predicted molar refractivity (Wildman–Crippen MR) is 125 cm³/mol. The Hall–Kier alpha value is -3.19. The van der Waals surface area contributed by atoms with E-state index in [-0.39, 0.29) is 17.2 Å². The summed E-state index contributed by atoms with van der Waals surface area (Å²) in [5, 5.41) is 10.00. The zero-order valence-electron chi connectivity index (χ0n) is 18.8. The molecular weight excluding hydrogens is 428 g/mol. The normalized spacial score (nSPS) is 12.5. The van der Waals surface area contributed by atoms with Crippen LogP contribution in [0.15, 0.2) is 53.1 Å². The molecule has 1 unspecified atom stereocenters. The average molecular weight is 455 g/mol. The number of hydrogen-bond donors (Lipinski definition) is 2. The van der Waals surface area contributed by atoms with Crippen LogP contribution >= 0.6 is 11.6 Å². The van der Waals surface area contributed by atoms with Crippen LogP contribution < -0.4 is 10.6 Å². The topological polar surface area (TPSA) is 97.1 Å². The van der Waals surface area contributed by atoms with Crippen LogP contribution in [-0.4, -0.2) is 28.0 Å². The lowest BCUT2D eigenvalue weighted by molar-refractivity contribution is -0.118. The Bertz CT molecular complexity index is 1100. The van der Waals surface area contributed by atoms with Gasteiger partial charge in [-0.05, 0) is 42.3 Å². The van der Waals surface area contributed by atoms with Gasteiger partial charge in [0.15, 0.2) is 0 Å². The Kier molecular flexibility index (Phi) is 6.99. The van der Waals surface area contributed by atoms with Crippen molar-refractivity contribution in [2.75, 3.05) is 5.32 Å². The van der Waals surface area contributed by atoms with E-state index in [4.69, 9.17) is 16.1 Å². The van der Waals surface area contributed by atoms with Crippen LogP contribution in [0.5, 0.6) is 0 Å². The molecule has 0 aliphatic rings. The Balaban J connectivity index is 1.69. The summed E-state index contributed by atoms with van der Waals surface area (Å²) in [7, 11) is 0. The van der Waals surface area contributed by atoms with Gasteiger partial charge < -0.3 is 15.2 Å². The average Bonchev–Trinajstić information content (AvgIpc) is 3.23. The third-order valence-corrected chi connectivity index (χ3v) is 5.16. The van der Waals surface area contributed by atoms with Gasteiger partial charge in [0.05, 0.1) is 10.6 Å². The molecule has 1 heterocycles. The van der Waals surface area contributed by atoms with Crippen LogP contribution in [0, 0.1) is 5.92 Å². The quantitative estimate of drug-likeness (QED) is 0.541. The SMILES string of the molecule is CC(C)C(NC(=O)c1ccccc1Cl)C(=O)Nc1ccc(-c2noc(C(C)(C)C)n2)cc1. The van der Waals surface area contributed by atoms with Gasteiger partial charge in [0.1, 0.15) is 6.04 Å². The molecule has 3 aromatic rings. The van der Waals surface area contributed by atoms with Crippen LogP contribution in [0.25, 0.3) is 11.4 Å². The fourth-order valence-corrected chi connectivity index (χ4v) is 3.19. The fraction of sp³-hybridized carbons (Fsp3) is 0.333. The summed E-state index contributed by atoms with van der Waals surface area (Å²) in [5.74, 6) is 0.198. The number of halogens is 1. The van der Waals surface area contributed by atoms with Crippen LogP contribution in [0.4, 0.5) is 5.69 Å². The number of nitrogens with zero attached hydrogens (tertiary/aromatic N) is 2. The van der Waals surface area contributed by atoms with E-state index in [2.05, 4.69) is 20.8 Å². The van der Waals surface area contributed by atoms with E-state index in [9.17, 15) is 9.59 Å². The highest BCUT2D eigenvalue weighted by Gasteiger charge is 2.26. The van der Waals surface area contributed by atoms with E-state index >= 15 is 0 Å². The third kappa shape index (κ3) is 5.53. The van der Waals surface area contributed by atoms with Crippen LogP contribution in [0.1, 0.15) is 50.9 Å². The fourth-order valence-electron chi connectivity index (χ4n) is 2.97. The maximum absolute atomic E-state index is 12.9. The molecule has 8 heteroatoms. The smallest absolute Gasteiger partial charge is 0.253 e. The van der Waals surface area contributed by atoms with E-state index < -0.39 is 11.9 Å². The second-order valence-corrected chi connectivity index (χ2v) is 9.32. The molecule has 0 saturated heterocycles. The highest BCUT2D eigenvalue weighted by Crippen LogP contribution is 2.25. The second kappa shape index (κ2) is 9.53. The second-order valence-electron chi connectivity index (χ2n) is 8.91. The molecular formula is C24H27ClN4O3. The largest absolute Gasteiger partial charge is 0.340 e. The van der Waals surface area contributed by atoms with Crippen LogP contribution in [-0.2, 0) is 10.2 Å². The molecule has 0 radical (unpaired) electrons. The molecule has 2 aromatic carbocycles. The molecule has 168 valence electrons. The van der Waals surface area contributed by atoms with Gasteiger partial charge >= 0.3 is 0 Å². The van der Waals surface area contributed by atoms with Crippen molar-refractivity contribution in [3.63, 3.8) is 0 Å². The monoisotopic (exact) mass is 454 g/mol. The standard InChI is InChI=1S/C24H27ClN4O3/c1-14(2)19(27-21(30)17-8-6-7-9-18(17)25)22(31)26-16-12-10-15(11-13-16)20-28-23(32-29-20)24(3,4)5/h6-14,19H,1-5H3,(H,26,31)(H,27,30). The summed E-state index contributed by atoms with van der Waals surface area (Å²) in [6.07, 6.45) is 0. The van der Waals surface area contributed by atoms with Gasteiger partial charge in [-0.1, -0.05) is 63.5 Å². The molecule has 2 amide bonds. The number of amides is 2. The Morgan fingerprint density at radius 2 is 1.69 bits per heavy atom. The molecule has 1 aromatic heterocycles. The molecule has 0 aliphatic carbocycles. The highest BCUT2D eigenvalue weighted by molar-refractivity contribution is 6.33. The lowest BCUT2D eigenvalue weighted by Crippen LogP contribution is -2.47. The lowest BCUT2D eigenvalue weighted by Gasteiger charge is -2.22. The molecule has 3 rings (SSSR count). The summed E-state index contributed by atoms with van der Waals surface area (Å²) >= 11 is 6.10. The minimum atomic E-state index is -0.731. The number of rotatable bonds is 6. The van der Waals surface area contributed by atoms with Crippen molar-refractivity contribution in [1.82, 2.24) is 15.5 Å². The first-order chi connectivity index (χ1) is 15.1. The maximum atomic E-state index is 12.9. The van der Waals surface area contributed by atoms with Gasteiger partial charge in [-0.2, -0.15) is 4.98 Å². The minimum absolute atomic E-state index is 0.129. The van der Waals surface area contributed by atoms with Crippen molar-refractivity contribution < 1.29 is 14.1 Å². The van der Waals surface area contributed by atoms with Crippen molar-refractivity contribution >= 4 is 29.1 Å². The van der Waals surface area contributed by atoms with Crippen molar-refractivity contribution in [3.8, 4) is 11.4 Å². The summed E-state index contributed by atoms with van der Waals surface area (Å²) < 4.78 is 5.34. The molecule has 0 bridgehead atoms. The first-order valence-corrected chi connectivity index (χ1v) is 10.7. The Morgan fingerprint density at radius 3 is 2.25 bits per heavy atom. The first kappa shape index (κ1) is 23.5. The van der Waals surface area contributed by atoms with Crippen molar-refractivity contribution in [1.29, 1.82) is 0 Å². The number of carbonyl (C=O) groups is 2. The molecule has 0 aliphatic heterocycles. The summed E-state index contributed by atoms with van der Waals surface area (Å²) in [6.45, 7) is 9.72. The van der Waals surface area contributed by atoms with Gasteiger partial charge in [-0.25, -0.2) is 0 Å². The zero-order valence-corrected chi connectivity index (χ0v) is 19.5. The van der Waals surface area contributed by atoms with Crippen molar-refractivity contribution in [2.45, 2.75) is 46.1 Å². The summed E-state index contributed by atoms with van der Waals surface area (Å²) in [6, 6.07) is 13.1. The van der Waals surface area contributed by atoms with Gasteiger partial charge in [0.2, 0.25) is 17.6 Å². The molecule has 7 nitrogen and oxygen atoms in total. The number of benzene rings is 2. The molecule has 1 atom stereocenters. The summed E-state index contributed by atoms with van der Waals surface area (Å²) in [4.78, 5) is 29.9. The number of carbonyl (C=O) groups excluding carboxylic acids is 2. The first-order valence-electron chi connectivity index (χ1n) is 10.4. The number of nitrogens with one attached hydrogen (secondary N) is 2. The summed E-state index contributed by atoms with van der Waals surface area (Å²) in [5.41, 5.74) is 1.46. The predicted octanol–water partition coefficient (Wildman–Crippen LogP) is 5.08. The highest BCUT2D eigenvalue weighted by atomic mass is 35.5. The van der Waals surface area contributed by atoms with E-state index in [1.54, 1.807) is 48.5 Å². The van der Waals surface area contributed by atoms with Crippen molar-refractivity contribution in [3.05, 3.63) is 65.0 Å². The van der Waals surface area contributed by atoms with Gasteiger partial charge in [0, 0.05) is 16.7 Å². The Morgan fingerprint density at radius 1 is 1.03 bits per heavy atom. The van der Waals surface area contributed by atoms with E-state index in [1.165, 1.54) is 0 Å². The molecule has 0 spiro atoms. The van der Waals surface area contributed by atoms with Gasteiger partial charge in [-0.15, -0.1) is 0 Å². The molecule has 2 N–H and O–H groups in total. The number of hydrogen-bond acceptors (Lipinski definition) is 5. The zero-order chi connectivity index (χ0) is 23.5. The van der Waals surface area contributed by atoms with E-state index in [0.29, 0.717) is 28.0 Å². The number of anilines is 1. The van der Waals surface area contributed by atoms with E-state index in [0.717, 1.165) is 5.56 Å². The van der Waals surface area contributed by atoms with Crippen LogP contribution in [0.2, 0.25) is 5.02 Å². The minimum Gasteiger partial charge on any atom is -0.340 e. The molecule has 32 heavy (non-hydrogen) atoms. The van der Waals surface area contributed by atoms with Gasteiger partial charge in [-0.3, -0.25) is 9.59 Å². The van der Waals surface area contributed by atoms with Gasteiger partial charge in [0.25, 0.3) is 5.91 Å². The van der Waals surface area contributed by atoms with Crippen molar-refractivity contribution in [2.24, 2.45) is 5.92 Å². The lowest BCUT2D eigenvalue weighted by atomic mass is 9.97. The maximum Gasteiger partial charge on any atom is 0.253 e. The van der Waals surface area contributed by atoms with E-state index in [1.807, 2.05) is 34.6 Å². The van der Waals surface area contributed by atoms with Crippen LogP contribution in [0.3, 0.4) is 0 Å².